The van der Waals surface area contributed by atoms with E-state index in [4.69, 9.17) is 5.73 Å². The number of benzene rings is 1. The Kier molecular flexibility index (Phi) is 3.38. The lowest BCUT2D eigenvalue weighted by molar-refractivity contribution is 0.734. The lowest BCUT2D eigenvalue weighted by Gasteiger charge is -2.09. The van der Waals surface area contributed by atoms with E-state index in [0.29, 0.717) is 11.9 Å². The third-order valence-electron chi connectivity index (χ3n) is 3.06. The molecule has 3 heteroatoms. The minimum Gasteiger partial charge on any atom is -0.368 e. The topological polar surface area (TPSA) is 51.8 Å². The molecule has 17 heavy (non-hydrogen) atoms. The molecule has 0 bridgehead atoms. The minimum atomic E-state index is 0.313. The van der Waals surface area contributed by atoms with Crippen molar-refractivity contribution in [2.24, 2.45) is 0 Å². The van der Waals surface area contributed by atoms with Gasteiger partial charge in [-0.05, 0) is 24.0 Å². The molecule has 2 N–H and O–H groups in total. The van der Waals surface area contributed by atoms with Gasteiger partial charge < -0.3 is 5.73 Å². The SMILES string of the molecule is CCC(C)c1ccc(-c2ccnc(N)n2)cc1. The second-order valence-electron chi connectivity index (χ2n) is 4.23. The van der Waals surface area contributed by atoms with Crippen molar-refractivity contribution in [3.8, 4) is 11.3 Å². The minimum absolute atomic E-state index is 0.313. The molecule has 0 amide bonds. The van der Waals surface area contributed by atoms with Crippen LogP contribution in [0.15, 0.2) is 36.5 Å². The van der Waals surface area contributed by atoms with Gasteiger partial charge in [0.2, 0.25) is 5.95 Å². The second kappa shape index (κ2) is 4.95. The highest BCUT2D eigenvalue weighted by atomic mass is 15.0. The van der Waals surface area contributed by atoms with Crippen LogP contribution < -0.4 is 5.73 Å². The summed E-state index contributed by atoms with van der Waals surface area (Å²) in [5.74, 6) is 0.910. The van der Waals surface area contributed by atoms with Gasteiger partial charge in [-0.3, -0.25) is 0 Å². The van der Waals surface area contributed by atoms with Crippen LogP contribution in [0.2, 0.25) is 0 Å². The molecule has 0 aliphatic rings. The third kappa shape index (κ3) is 2.61. The van der Waals surface area contributed by atoms with E-state index in [1.807, 2.05) is 6.07 Å². The molecule has 1 aromatic carbocycles. The van der Waals surface area contributed by atoms with E-state index in [2.05, 4.69) is 48.1 Å². The Hall–Kier alpha value is -1.90. The Morgan fingerprint density at radius 1 is 1.18 bits per heavy atom. The lowest BCUT2D eigenvalue weighted by atomic mass is 9.97. The second-order valence-corrected chi connectivity index (χ2v) is 4.23. The van der Waals surface area contributed by atoms with Crippen LogP contribution in [0, 0.1) is 0 Å². The van der Waals surface area contributed by atoms with Crippen LogP contribution in [0.4, 0.5) is 5.95 Å². The van der Waals surface area contributed by atoms with Gasteiger partial charge in [-0.1, -0.05) is 38.1 Å². The van der Waals surface area contributed by atoms with Gasteiger partial charge in [0.1, 0.15) is 0 Å². The molecule has 2 rings (SSSR count). The standard InChI is InChI=1S/C14H17N3/c1-3-10(2)11-4-6-12(7-5-11)13-8-9-16-14(15)17-13/h4-10H,3H2,1-2H3,(H2,15,16,17). The van der Waals surface area contributed by atoms with Crippen LogP contribution >= 0.6 is 0 Å². The highest BCUT2D eigenvalue weighted by Gasteiger charge is 2.04. The first kappa shape index (κ1) is 11.6. The molecule has 0 saturated heterocycles. The normalized spacial score (nSPS) is 12.4. The summed E-state index contributed by atoms with van der Waals surface area (Å²) in [5, 5.41) is 0. The zero-order valence-corrected chi connectivity index (χ0v) is 10.2. The molecule has 1 unspecified atom stereocenters. The van der Waals surface area contributed by atoms with Crippen molar-refractivity contribution in [1.29, 1.82) is 0 Å². The zero-order chi connectivity index (χ0) is 12.3. The Labute approximate surface area is 102 Å². The average Bonchev–Trinajstić information content (AvgIpc) is 2.38. The molecular weight excluding hydrogens is 210 g/mol. The molecule has 88 valence electrons. The molecule has 0 radical (unpaired) electrons. The fourth-order valence-corrected chi connectivity index (χ4v) is 1.75. The fourth-order valence-electron chi connectivity index (χ4n) is 1.75. The van der Waals surface area contributed by atoms with Gasteiger partial charge in [0.05, 0.1) is 5.69 Å². The maximum atomic E-state index is 5.57. The van der Waals surface area contributed by atoms with E-state index < -0.39 is 0 Å². The van der Waals surface area contributed by atoms with Crippen molar-refractivity contribution in [1.82, 2.24) is 9.97 Å². The molecule has 0 aliphatic carbocycles. The largest absolute Gasteiger partial charge is 0.368 e. The summed E-state index contributed by atoms with van der Waals surface area (Å²) in [6.07, 6.45) is 2.83. The molecule has 2 aromatic rings. The van der Waals surface area contributed by atoms with Gasteiger partial charge in [0.15, 0.2) is 0 Å². The Balaban J connectivity index is 2.29. The number of nitrogens with two attached hydrogens (primary N) is 1. The summed E-state index contributed by atoms with van der Waals surface area (Å²) in [7, 11) is 0. The maximum Gasteiger partial charge on any atom is 0.220 e. The lowest BCUT2D eigenvalue weighted by Crippen LogP contribution is -1.95. The molecule has 1 atom stereocenters. The van der Waals surface area contributed by atoms with Gasteiger partial charge in [-0.15, -0.1) is 0 Å². The Morgan fingerprint density at radius 3 is 2.47 bits per heavy atom. The van der Waals surface area contributed by atoms with E-state index in [0.717, 1.165) is 17.7 Å². The molecule has 0 aliphatic heterocycles. The first-order valence-electron chi connectivity index (χ1n) is 5.89. The number of hydrogen-bond donors (Lipinski definition) is 1. The number of rotatable bonds is 3. The predicted octanol–water partition coefficient (Wildman–Crippen LogP) is 3.24. The quantitative estimate of drug-likeness (QED) is 0.875. The van der Waals surface area contributed by atoms with Crippen LogP contribution in [0.5, 0.6) is 0 Å². The average molecular weight is 227 g/mol. The maximum absolute atomic E-state index is 5.57. The summed E-state index contributed by atoms with van der Waals surface area (Å²) in [6.45, 7) is 4.43. The van der Waals surface area contributed by atoms with Crippen molar-refractivity contribution in [2.45, 2.75) is 26.2 Å². The highest BCUT2D eigenvalue weighted by molar-refractivity contribution is 5.60. The van der Waals surface area contributed by atoms with Gasteiger partial charge in [0, 0.05) is 11.8 Å². The molecule has 1 aromatic heterocycles. The molecule has 0 spiro atoms. The van der Waals surface area contributed by atoms with Crippen LogP contribution in [0.25, 0.3) is 11.3 Å². The number of hydrogen-bond acceptors (Lipinski definition) is 3. The van der Waals surface area contributed by atoms with Crippen LogP contribution in [-0.2, 0) is 0 Å². The van der Waals surface area contributed by atoms with Crippen molar-refractivity contribution < 1.29 is 0 Å². The van der Waals surface area contributed by atoms with Gasteiger partial charge >= 0.3 is 0 Å². The van der Waals surface area contributed by atoms with Crippen molar-refractivity contribution >= 4 is 5.95 Å². The number of anilines is 1. The highest BCUT2D eigenvalue weighted by Crippen LogP contribution is 2.23. The van der Waals surface area contributed by atoms with Crippen LogP contribution in [0.1, 0.15) is 31.7 Å². The summed E-state index contributed by atoms with van der Waals surface area (Å²) in [4.78, 5) is 8.10. The smallest absolute Gasteiger partial charge is 0.220 e. The summed E-state index contributed by atoms with van der Waals surface area (Å²) in [6, 6.07) is 10.4. The molecular formula is C14H17N3. The van der Waals surface area contributed by atoms with Crippen molar-refractivity contribution in [3.63, 3.8) is 0 Å². The molecule has 1 heterocycles. The third-order valence-corrected chi connectivity index (χ3v) is 3.06. The van der Waals surface area contributed by atoms with Crippen LogP contribution in [-0.4, -0.2) is 9.97 Å². The van der Waals surface area contributed by atoms with E-state index in [1.54, 1.807) is 6.20 Å². The van der Waals surface area contributed by atoms with E-state index in [1.165, 1.54) is 5.56 Å². The van der Waals surface area contributed by atoms with Crippen LogP contribution in [0.3, 0.4) is 0 Å². The summed E-state index contributed by atoms with van der Waals surface area (Å²) < 4.78 is 0. The van der Waals surface area contributed by atoms with E-state index >= 15 is 0 Å². The fraction of sp³-hybridized carbons (Fsp3) is 0.286. The van der Waals surface area contributed by atoms with Crippen molar-refractivity contribution in [2.75, 3.05) is 5.73 Å². The van der Waals surface area contributed by atoms with Gasteiger partial charge in [-0.2, -0.15) is 0 Å². The zero-order valence-electron chi connectivity index (χ0n) is 10.2. The number of aromatic nitrogens is 2. The van der Waals surface area contributed by atoms with Gasteiger partial charge in [-0.25, -0.2) is 9.97 Å². The first-order valence-corrected chi connectivity index (χ1v) is 5.89. The number of nitrogen functional groups attached to an aromatic ring is 1. The Bertz CT molecular complexity index is 491. The van der Waals surface area contributed by atoms with Crippen molar-refractivity contribution in [3.05, 3.63) is 42.1 Å². The molecule has 3 nitrogen and oxygen atoms in total. The monoisotopic (exact) mass is 227 g/mol. The molecule has 0 saturated carbocycles. The number of nitrogens with zero attached hydrogens (tertiary/aromatic N) is 2. The summed E-state index contributed by atoms with van der Waals surface area (Å²) in [5.41, 5.74) is 8.88. The van der Waals surface area contributed by atoms with Gasteiger partial charge in [0.25, 0.3) is 0 Å². The predicted molar refractivity (Wildman–Crippen MR) is 70.6 cm³/mol. The molecule has 0 fully saturated rings. The van der Waals surface area contributed by atoms with E-state index in [-0.39, 0.29) is 0 Å². The first-order chi connectivity index (χ1) is 8.20. The van der Waals surface area contributed by atoms with E-state index in [9.17, 15) is 0 Å². The summed E-state index contributed by atoms with van der Waals surface area (Å²) >= 11 is 0. The Morgan fingerprint density at radius 2 is 1.88 bits per heavy atom.